The van der Waals surface area contributed by atoms with Gasteiger partial charge in [0.1, 0.15) is 5.60 Å². The van der Waals surface area contributed by atoms with Crippen LogP contribution < -0.4 is 0 Å². The first-order valence-electron chi connectivity index (χ1n) is 14.4. The fourth-order valence-electron chi connectivity index (χ4n) is 6.96. The largest absolute Gasteiger partial charge is 0.375 e. The van der Waals surface area contributed by atoms with Crippen molar-refractivity contribution in [2.24, 2.45) is 5.92 Å². The van der Waals surface area contributed by atoms with Crippen LogP contribution in [0.25, 0.3) is 0 Å². The van der Waals surface area contributed by atoms with Crippen molar-refractivity contribution in [3.05, 3.63) is 35.9 Å². The Balaban J connectivity index is 1.30. The summed E-state index contributed by atoms with van der Waals surface area (Å²) in [6.45, 7) is 6.89. The second kappa shape index (κ2) is 10.6. The second-order valence-electron chi connectivity index (χ2n) is 12.3. The van der Waals surface area contributed by atoms with Gasteiger partial charge in [-0.2, -0.15) is 0 Å². The average Bonchev–Trinajstić information content (AvgIpc) is 3.09. The topological polar surface area (TPSA) is 45.2 Å². The highest BCUT2D eigenvalue weighted by Gasteiger charge is 2.55. The number of amides is 2. The molecular formula is C30H47N3O3. The quantitative estimate of drug-likeness (QED) is 0.391. The number of ether oxygens (including phenoxy) is 2. The molecule has 0 aromatic heterocycles. The molecule has 2 saturated carbocycles. The molecule has 5 rings (SSSR count). The second-order valence-corrected chi connectivity index (χ2v) is 12.3. The maximum atomic E-state index is 13.9. The zero-order chi connectivity index (χ0) is 25.2. The van der Waals surface area contributed by atoms with Crippen molar-refractivity contribution in [1.82, 2.24) is 14.7 Å². The van der Waals surface area contributed by atoms with E-state index in [2.05, 4.69) is 66.1 Å². The maximum Gasteiger partial charge on any atom is 0.320 e. The molecule has 2 heterocycles. The zero-order valence-corrected chi connectivity index (χ0v) is 22.8. The molecule has 2 amide bonds. The van der Waals surface area contributed by atoms with Gasteiger partial charge in [-0.3, -0.25) is 4.90 Å². The lowest BCUT2D eigenvalue weighted by Crippen LogP contribution is -2.56. The highest BCUT2D eigenvalue weighted by molar-refractivity contribution is 5.78. The van der Waals surface area contributed by atoms with E-state index < -0.39 is 0 Å². The highest BCUT2D eigenvalue weighted by atomic mass is 16.6. The molecule has 0 bridgehead atoms. The fraction of sp³-hybridized carbons (Fsp3) is 0.767. The number of hydrogen-bond donors (Lipinski definition) is 0. The summed E-state index contributed by atoms with van der Waals surface area (Å²) in [6, 6.07) is 11.3. The van der Waals surface area contributed by atoms with Crippen LogP contribution in [0.5, 0.6) is 0 Å². The van der Waals surface area contributed by atoms with E-state index in [1.165, 1.54) is 24.8 Å². The molecule has 1 spiro atoms. The molecule has 0 atom stereocenters. The van der Waals surface area contributed by atoms with Crippen LogP contribution in [0.4, 0.5) is 4.79 Å². The first-order chi connectivity index (χ1) is 17.4. The Morgan fingerprint density at radius 2 is 1.81 bits per heavy atom. The van der Waals surface area contributed by atoms with Gasteiger partial charge in [0.15, 0.2) is 0 Å². The van der Waals surface area contributed by atoms with E-state index in [0.717, 1.165) is 71.2 Å². The van der Waals surface area contributed by atoms with Crippen LogP contribution in [-0.2, 0) is 15.0 Å². The van der Waals surface area contributed by atoms with Gasteiger partial charge in [0.05, 0.1) is 18.8 Å². The van der Waals surface area contributed by atoms with Crippen LogP contribution in [0.3, 0.4) is 0 Å². The summed E-state index contributed by atoms with van der Waals surface area (Å²) < 4.78 is 11.8. The number of hydrogen-bond acceptors (Lipinski definition) is 4. The minimum atomic E-state index is -0.191. The summed E-state index contributed by atoms with van der Waals surface area (Å²) in [5.41, 5.74) is 1.23. The summed E-state index contributed by atoms with van der Waals surface area (Å²) in [7, 11) is 4.45. The molecule has 0 unspecified atom stereocenters. The molecule has 1 aromatic carbocycles. The maximum absolute atomic E-state index is 13.9. The van der Waals surface area contributed by atoms with Crippen molar-refractivity contribution in [2.45, 2.75) is 87.8 Å². The Hall–Kier alpha value is -1.63. The van der Waals surface area contributed by atoms with E-state index in [4.69, 9.17) is 9.47 Å². The van der Waals surface area contributed by atoms with Crippen LogP contribution in [0.15, 0.2) is 30.3 Å². The molecule has 200 valence electrons. The lowest BCUT2D eigenvalue weighted by Gasteiger charge is -2.51. The van der Waals surface area contributed by atoms with Gasteiger partial charge in [0.25, 0.3) is 0 Å². The Bertz CT molecular complexity index is 873. The van der Waals surface area contributed by atoms with Crippen LogP contribution in [0.1, 0.15) is 76.7 Å². The van der Waals surface area contributed by atoms with Crippen LogP contribution >= 0.6 is 0 Å². The third kappa shape index (κ3) is 4.81. The van der Waals surface area contributed by atoms with Crippen molar-refractivity contribution < 1.29 is 14.3 Å². The Labute approximate surface area is 218 Å². The number of urea groups is 1. The smallest absolute Gasteiger partial charge is 0.320 e. The predicted molar refractivity (Wildman–Crippen MR) is 143 cm³/mol. The van der Waals surface area contributed by atoms with E-state index in [9.17, 15) is 4.79 Å². The van der Waals surface area contributed by atoms with Crippen molar-refractivity contribution in [3.8, 4) is 0 Å². The standard InChI is InChI=1S/C30H47N3O3/c1-4-5-20-36-29(23-35-24-29)18-19-32-22-28(33(27(32)34)21-25-10-9-11-25)14-16-30(17-15-28,31(2)3)26-12-7-6-8-13-26/h6-8,12-13,25H,4-5,9-11,14-24H2,1-3H3. The monoisotopic (exact) mass is 497 g/mol. The van der Waals surface area contributed by atoms with E-state index in [-0.39, 0.29) is 22.7 Å². The van der Waals surface area contributed by atoms with Crippen molar-refractivity contribution in [2.75, 3.05) is 53.6 Å². The molecule has 2 aliphatic carbocycles. The number of benzene rings is 1. The van der Waals surface area contributed by atoms with E-state index in [1.54, 1.807) is 0 Å². The van der Waals surface area contributed by atoms with Crippen LogP contribution in [-0.4, -0.2) is 85.4 Å². The van der Waals surface area contributed by atoms with Crippen LogP contribution in [0, 0.1) is 5.92 Å². The van der Waals surface area contributed by atoms with Gasteiger partial charge in [-0.1, -0.05) is 50.1 Å². The van der Waals surface area contributed by atoms with E-state index in [1.807, 2.05) is 0 Å². The molecule has 4 fully saturated rings. The van der Waals surface area contributed by atoms with Gasteiger partial charge in [-0.25, -0.2) is 4.79 Å². The van der Waals surface area contributed by atoms with Gasteiger partial charge in [-0.15, -0.1) is 0 Å². The fourth-order valence-corrected chi connectivity index (χ4v) is 6.96. The summed E-state index contributed by atoms with van der Waals surface area (Å²) in [5.74, 6) is 0.684. The highest BCUT2D eigenvalue weighted by Crippen LogP contribution is 2.49. The molecule has 6 heteroatoms. The van der Waals surface area contributed by atoms with Crippen LogP contribution in [0.2, 0.25) is 0 Å². The number of carbonyl (C=O) groups excluding carboxylic acids is 1. The zero-order valence-electron chi connectivity index (χ0n) is 22.8. The van der Waals surface area contributed by atoms with Gasteiger partial charge in [0, 0.05) is 31.8 Å². The van der Waals surface area contributed by atoms with Gasteiger partial charge < -0.3 is 19.3 Å². The van der Waals surface area contributed by atoms with Gasteiger partial charge in [0.2, 0.25) is 0 Å². The third-order valence-electron chi connectivity index (χ3n) is 9.87. The molecule has 6 nitrogen and oxygen atoms in total. The molecule has 2 saturated heterocycles. The molecule has 0 radical (unpaired) electrons. The lowest BCUT2D eigenvalue weighted by molar-refractivity contribution is -0.213. The first kappa shape index (κ1) is 26.0. The molecule has 0 N–H and O–H groups in total. The first-order valence-corrected chi connectivity index (χ1v) is 14.4. The minimum absolute atomic E-state index is 0.0344. The van der Waals surface area contributed by atoms with Gasteiger partial charge in [-0.05, 0) is 76.9 Å². The van der Waals surface area contributed by atoms with Crippen molar-refractivity contribution in [1.29, 1.82) is 0 Å². The molecule has 36 heavy (non-hydrogen) atoms. The summed E-state index contributed by atoms with van der Waals surface area (Å²) in [5, 5.41) is 0. The predicted octanol–water partition coefficient (Wildman–Crippen LogP) is 5.27. The lowest BCUT2D eigenvalue weighted by atomic mass is 9.68. The molecule has 4 aliphatic rings. The molecule has 1 aromatic rings. The average molecular weight is 498 g/mol. The minimum Gasteiger partial charge on any atom is -0.375 e. The summed E-state index contributed by atoms with van der Waals surface area (Å²) in [4.78, 5) is 20.8. The van der Waals surface area contributed by atoms with Crippen molar-refractivity contribution in [3.63, 3.8) is 0 Å². The summed E-state index contributed by atoms with van der Waals surface area (Å²) in [6.07, 6.45) is 11.3. The Morgan fingerprint density at radius 1 is 1.08 bits per heavy atom. The normalized spacial score (nSPS) is 30.2. The molecule has 2 aliphatic heterocycles. The number of nitrogens with zero attached hydrogens (tertiary/aromatic N) is 3. The molecular weight excluding hydrogens is 450 g/mol. The van der Waals surface area contributed by atoms with Crippen molar-refractivity contribution >= 4 is 6.03 Å². The number of rotatable bonds is 11. The number of carbonyl (C=O) groups is 1. The third-order valence-corrected chi connectivity index (χ3v) is 9.87. The van der Waals surface area contributed by atoms with E-state index >= 15 is 0 Å². The van der Waals surface area contributed by atoms with E-state index in [0.29, 0.717) is 19.1 Å². The Morgan fingerprint density at radius 3 is 2.36 bits per heavy atom. The van der Waals surface area contributed by atoms with Gasteiger partial charge >= 0.3 is 6.03 Å². The SMILES string of the molecule is CCCCOC1(CCN2CC3(CCC(c4ccccc4)(N(C)C)CC3)N(CC3CCC3)C2=O)COC1. The number of unbranched alkanes of at least 4 members (excludes halogenated alkanes) is 1. The summed E-state index contributed by atoms with van der Waals surface area (Å²) >= 11 is 0. The Kier molecular flexibility index (Phi) is 7.67.